The normalized spacial score (nSPS) is 17.7. The van der Waals surface area contributed by atoms with Crippen molar-refractivity contribution < 1.29 is 8.42 Å². The lowest BCUT2D eigenvalue weighted by molar-refractivity contribution is 0.206. The Kier molecular flexibility index (Phi) is 5.72. The lowest BCUT2D eigenvalue weighted by atomic mass is 9.85. The molecule has 0 aliphatic heterocycles. The van der Waals surface area contributed by atoms with Crippen LogP contribution in [0.4, 0.5) is 0 Å². The molecule has 1 N–H and O–H groups in total. The van der Waals surface area contributed by atoms with Crippen LogP contribution in [0.25, 0.3) is 0 Å². The molecule has 0 unspecified atom stereocenters. The van der Waals surface area contributed by atoms with Crippen LogP contribution in [0.15, 0.2) is 0 Å². The average molecular weight is 248 g/mol. The van der Waals surface area contributed by atoms with Gasteiger partial charge in [-0.3, -0.25) is 0 Å². The van der Waals surface area contributed by atoms with Gasteiger partial charge < -0.3 is 10.2 Å². The Hall–Kier alpha value is -0.130. The summed E-state index contributed by atoms with van der Waals surface area (Å²) in [6.07, 6.45) is 5.43. The van der Waals surface area contributed by atoms with Crippen molar-refractivity contribution in [2.24, 2.45) is 5.92 Å². The van der Waals surface area contributed by atoms with Crippen LogP contribution in [-0.2, 0) is 9.84 Å². The predicted molar refractivity (Wildman–Crippen MR) is 67.4 cm³/mol. The minimum absolute atomic E-state index is 0.235. The summed E-state index contributed by atoms with van der Waals surface area (Å²) in [5, 5.41) is 3.16. The topological polar surface area (TPSA) is 49.4 Å². The molecule has 0 radical (unpaired) electrons. The van der Waals surface area contributed by atoms with Crippen molar-refractivity contribution in [3.8, 4) is 0 Å². The van der Waals surface area contributed by atoms with Crippen LogP contribution in [0.5, 0.6) is 0 Å². The minimum Gasteiger partial charge on any atom is -0.314 e. The molecule has 4 nitrogen and oxygen atoms in total. The molecule has 0 aromatic heterocycles. The van der Waals surface area contributed by atoms with Crippen molar-refractivity contribution in [2.75, 3.05) is 45.2 Å². The first-order valence-corrected chi connectivity index (χ1v) is 8.10. The molecule has 0 spiro atoms. The summed E-state index contributed by atoms with van der Waals surface area (Å²) >= 11 is 0. The summed E-state index contributed by atoms with van der Waals surface area (Å²) in [7, 11) is -0.679. The number of rotatable bonds is 8. The molecule has 0 aromatic rings. The highest BCUT2D eigenvalue weighted by molar-refractivity contribution is 7.90. The fourth-order valence-electron chi connectivity index (χ4n) is 1.86. The second kappa shape index (κ2) is 6.57. The Morgan fingerprint density at radius 1 is 1.31 bits per heavy atom. The SMILES string of the molecule is CN(CCNCCS(C)(=O)=O)CC1CCC1. The highest BCUT2D eigenvalue weighted by Gasteiger charge is 2.18. The van der Waals surface area contributed by atoms with Crippen molar-refractivity contribution in [2.45, 2.75) is 19.3 Å². The van der Waals surface area contributed by atoms with Gasteiger partial charge >= 0.3 is 0 Å². The Bertz CT molecular complexity index is 286. The minimum atomic E-state index is -2.81. The molecule has 0 amide bonds. The first-order valence-electron chi connectivity index (χ1n) is 6.04. The van der Waals surface area contributed by atoms with Crippen molar-refractivity contribution in [1.29, 1.82) is 0 Å². The summed E-state index contributed by atoms with van der Waals surface area (Å²) in [5.74, 6) is 1.14. The monoisotopic (exact) mass is 248 g/mol. The summed E-state index contributed by atoms with van der Waals surface area (Å²) in [5.41, 5.74) is 0. The molecule has 0 aromatic carbocycles. The first kappa shape index (κ1) is 13.9. The number of hydrogen-bond donors (Lipinski definition) is 1. The van der Waals surface area contributed by atoms with Gasteiger partial charge in [0, 0.05) is 32.4 Å². The average Bonchev–Trinajstić information content (AvgIpc) is 2.09. The van der Waals surface area contributed by atoms with Crippen LogP contribution in [0.1, 0.15) is 19.3 Å². The summed E-state index contributed by atoms with van der Waals surface area (Å²) in [4.78, 5) is 2.33. The molecule has 1 fully saturated rings. The van der Waals surface area contributed by atoms with Crippen molar-refractivity contribution in [3.05, 3.63) is 0 Å². The van der Waals surface area contributed by atoms with Gasteiger partial charge in [0.1, 0.15) is 9.84 Å². The van der Waals surface area contributed by atoms with Gasteiger partial charge in [-0.15, -0.1) is 0 Å². The van der Waals surface area contributed by atoms with Gasteiger partial charge in [-0.1, -0.05) is 6.42 Å². The van der Waals surface area contributed by atoms with Gasteiger partial charge in [-0.05, 0) is 25.8 Å². The molecule has 1 rings (SSSR count). The molecule has 96 valence electrons. The van der Waals surface area contributed by atoms with Gasteiger partial charge in [-0.2, -0.15) is 0 Å². The molecule has 1 aliphatic rings. The maximum atomic E-state index is 10.9. The summed E-state index contributed by atoms with van der Waals surface area (Å²) in [6.45, 7) is 3.63. The number of sulfone groups is 1. The zero-order valence-corrected chi connectivity index (χ0v) is 11.2. The fourth-order valence-corrected chi connectivity index (χ4v) is 2.38. The number of hydrogen-bond acceptors (Lipinski definition) is 4. The molecule has 5 heteroatoms. The quantitative estimate of drug-likeness (QED) is 0.630. The Labute approximate surface area is 99.3 Å². The molecule has 0 heterocycles. The second-order valence-electron chi connectivity index (χ2n) is 4.94. The third-order valence-electron chi connectivity index (χ3n) is 3.11. The van der Waals surface area contributed by atoms with Crippen molar-refractivity contribution >= 4 is 9.84 Å². The largest absolute Gasteiger partial charge is 0.314 e. The first-order chi connectivity index (χ1) is 7.47. The van der Waals surface area contributed by atoms with E-state index in [1.54, 1.807) is 0 Å². The van der Waals surface area contributed by atoms with E-state index in [4.69, 9.17) is 0 Å². The third-order valence-corrected chi connectivity index (χ3v) is 4.06. The molecule has 1 saturated carbocycles. The fraction of sp³-hybridized carbons (Fsp3) is 1.00. The van der Waals surface area contributed by atoms with Gasteiger partial charge in [0.25, 0.3) is 0 Å². The van der Waals surface area contributed by atoms with E-state index < -0.39 is 9.84 Å². The highest BCUT2D eigenvalue weighted by Crippen LogP contribution is 2.26. The van der Waals surface area contributed by atoms with E-state index in [-0.39, 0.29) is 5.75 Å². The zero-order valence-electron chi connectivity index (χ0n) is 10.4. The lowest BCUT2D eigenvalue weighted by Gasteiger charge is -2.30. The van der Waals surface area contributed by atoms with E-state index in [1.165, 1.54) is 32.1 Å². The maximum absolute atomic E-state index is 10.9. The van der Waals surface area contributed by atoms with Crippen molar-refractivity contribution in [1.82, 2.24) is 10.2 Å². The second-order valence-corrected chi connectivity index (χ2v) is 7.20. The van der Waals surface area contributed by atoms with E-state index in [0.717, 1.165) is 19.0 Å². The van der Waals surface area contributed by atoms with Crippen LogP contribution in [0.2, 0.25) is 0 Å². The van der Waals surface area contributed by atoms with Crippen LogP contribution in [-0.4, -0.2) is 58.6 Å². The summed E-state index contributed by atoms with van der Waals surface area (Å²) < 4.78 is 21.7. The standard InChI is InChI=1S/C11H24N2O2S/c1-13(10-11-4-3-5-11)8-6-12-7-9-16(2,14)15/h11-12H,3-10H2,1-2H3. The van der Waals surface area contributed by atoms with E-state index in [9.17, 15) is 8.42 Å². The van der Waals surface area contributed by atoms with Gasteiger partial charge in [0.2, 0.25) is 0 Å². The summed E-state index contributed by atoms with van der Waals surface area (Å²) in [6, 6.07) is 0. The molecule has 1 aliphatic carbocycles. The van der Waals surface area contributed by atoms with E-state index in [2.05, 4.69) is 17.3 Å². The molecule has 0 saturated heterocycles. The van der Waals surface area contributed by atoms with E-state index >= 15 is 0 Å². The van der Waals surface area contributed by atoms with Gasteiger partial charge in [0.05, 0.1) is 5.75 Å². The Morgan fingerprint density at radius 3 is 2.50 bits per heavy atom. The third kappa shape index (κ3) is 6.45. The van der Waals surface area contributed by atoms with Gasteiger partial charge in [-0.25, -0.2) is 8.42 Å². The number of likely N-dealkylation sites (N-methyl/N-ethyl adjacent to an activating group) is 1. The van der Waals surface area contributed by atoms with Crippen LogP contribution >= 0.6 is 0 Å². The Morgan fingerprint density at radius 2 is 2.00 bits per heavy atom. The molecule has 0 atom stereocenters. The molecule has 16 heavy (non-hydrogen) atoms. The highest BCUT2D eigenvalue weighted by atomic mass is 32.2. The van der Waals surface area contributed by atoms with Gasteiger partial charge in [0.15, 0.2) is 0 Å². The Balaban J connectivity index is 1.93. The van der Waals surface area contributed by atoms with Crippen molar-refractivity contribution in [3.63, 3.8) is 0 Å². The smallest absolute Gasteiger partial charge is 0.148 e. The molecular formula is C11H24N2O2S. The molecular weight excluding hydrogens is 224 g/mol. The predicted octanol–water partition coefficient (Wildman–Crippen LogP) is 0.353. The molecule has 0 bridgehead atoms. The lowest BCUT2D eigenvalue weighted by Crippen LogP contribution is -2.35. The zero-order chi connectivity index (χ0) is 12.0. The van der Waals surface area contributed by atoms with E-state index in [0.29, 0.717) is 6.54 Å². The number of nitrogens with zero attached hydrogens (tertiary/aromatic N) is 1. The number of nitrogens with one attached hydrogen (secondary N) is 1. The van der Waals surface area contributed by atoms with Crippen LogP contribution < -0.4 is 5.32 Å². The maximum Gasteiger partial charge on any atom is 0.148 e. The van der Waals surface area contributed by atoms with Crippen LogP contribution in [0.3, 0.4) is 0 Å². The van der Waals surface area contributed by atoms with Crippen LogP contribution in [0, 0.1) is 5.92 Å². The van der Waals surface area contributed by atoms with E-state index in [1.807, 2.05) is 0 Å².